The topological polar surface area (TPSA) is 117 Å². The Morgan fingerprint density at radius 1 is 1.10 bits per heavy atom. The lowest BCUT2D eigenvalue weighted by Crippen LogP contribution is -2.22. The largest absolute Gasteiger partial charge is 0.494 e. The van der Waals surface area contributed by atoms with Gasteiger partial charge in [0.05, 0.1) is 30.6 Å². The fourth-order valence-corrected chi connectivity index (χ4v) is 2.22. The second-order valence-electron chi connectivity index (χ2n) is 5.63. The Kier molecular flexibility index (Phi) is 7.89. The molecule has 0 aromatic heterocycles. The summed E-state index contributed by atoms with van der Waals surface area (Å²) in [6.45, 7) is 1.82. The lowest BCUT2D eigenvalue weighted by atomic mass is 10.2. The Hall–Kier alpha value is -3.69. The molecule has 0 aliphatic carbocycles. The summed E-state index contributed by atoms with van der Waals surface area (Å²) in [5.41, 5.74) is -0.801. The van der Waals surface area contributed by atoms with Crippen molar-refractivity contribution >= 4 is 23.3 Å². The molecule has 0 atom stereocenters. The summed E-state index contributed by atoms with van der Waals surface area (Å²) < 4.78 is 28.6. The molecule has 154 valence electrons. The van der Waals surface area contributed by atoms with Gasteiger partial charge in [-0.1, -0.05) is 0 Å². The average molecular weight is 406 g/mol. The highest BCUT2D eigenvalue weighted by Crippen LogP contribution is 2.24. The van der Waals surface area contributed by atoms with Gasteiger partial charge in [0.1, 0.15) is 23.0 Å². The Labute approximate surface area is 165 Å². The molecule has 0 aliphatic rings. The number of nitrogens with one attached hydrogen (secondary N) is 1. The third kappa shape index (κ3) is 7.09. The number of carbonyl (C=O) groups excluding carboxylic acids is 2. The number of nitro benzene ring substituents is 1. The molecule has 0 spiro atoms. The zero-order valence-electron chi connectivity index (χ0n) is 15.6. The standard InChI is InChI=1S/C19H19FN2O7/c1-2-27-14-4-6-15(7-5-14)28-10-9-19(24)29-12-18(23)21-16-8-3-13(20)11-17(16)22(25)26/h3-8,11H,2,9-10,12H2,1H3,(H,21,23). The second kappa shape index (κ2) is 10.6. The zero-order chi connectivity index (χ0) is 21.2. The number of ether oxygens (including phenoxy) is 3. The summed E-state index contributed by atoms with van der Waals surface area (Å²) in [7, 11) is 0. The number of anilines is 1. The van der Waals surface area contributed by atoms with Gasteiger partial charge in [-0.2, -0.15) is 0 Å². The summed E-state index contributed by atoms with van der Waals surface area (Å²) in [6, 6.07) is 9.55. The van der Waals surface area contributed by atoms with Crippen LogP contribution in [0.5, 0.6) is 11.5 Å². The first-order valence-corrected chi connectivity index (χ1v) is 8.64. The molecule has 0 radical (unpaired) electrons. The van der Waals surface area contributed by atoms with Gasteiger partial charge in [0.25, 0.3) is 11.6 Å². The molecule has 2 aromatic carbocycles. The average Bonchev–Trinajstić information content (AvgIpc) is 2.69. The van der Waals surface area contributed by atoms with Gasteiger partial charge in [0.15, 0.2) is 6.61 Å². The van der Waals surface area contributed by atoms with Crippen LogP contribution >= 0.6 is 0 Å². The summed E-state index contributed by atoms with van der Waals surface area (Å²) >= 11 is 0. The quantitative estimate of drug-likeness (QED) is 0.366. The molecule has 0 unspecified atom stereocenters. The minimum atomic E-state index is -0.830. The fourth-order valence-electron chi connectivity index (χ4n) is 2.22. The molecule has 1 amide bonds. The van der Waals surface area contributed by atoms with E-state index >= 15 is 0 Å². The number of esters is 1. The number of rotatable bonds is 10. The number of hydrogen-bond acceptors (Lipinski definition) is 7. The van der Waals surface area contributed by atoms with E-state index in [-0.39, 0.29) is 18.7 Å². The van der Waals surface area contributed by atoms with Crippen molar-refractivity contribution in [3.8, 4) is 11.5 Å². The van der Waals surface area contributed by atoms with Crippen molar-refractivity contribution in [3.05, 3.63) is 58.4 Å². The highest BCUT2D eigenvalue weighted by molar-refractivity contribution is 5.94. The monoisotopic (exact) mass is 406 g/mol. The Morgan fingerprint density at radius 2 is 1.76 bits per heavy atom. The number of nitrogens with zero attached hydrogens (tertiary/aromatic N) is 1. The van der Waals surface area contributed by atoms with Crippen LogP contribution in [-0.2, 0) is 14.3 Å². The van der Waals surface area contributed by atoms with Crippen molar-refractivity contribution < 1.29 is 33.1 Å². The number of carbonyl (C=O) groups is 2. The van der Waals surface area contributed by atoms with Crippen molar-refractivity contribution in [1.29, 1.82) is 0 Å². The first kappa shape index (κ1) is 21.6. The van der Waals surface area contributed by atoms with E-state index in [4.69, 9.17) is 14.2 Å². The normalized spacial score (nSPS) is 10.1. The van der Waals surface area contributed by atoms with Crippen molar-refractivity contribution in [2.75, 3.05) is 25.1 Å². The van der Waals surface area contributed by atoms with Crippen LogP contribution in [0.25, 0.3) is 0 Å². The molecule has 0 fully saturated rings. The van der Waals surface area contributed by atoms with Gasteiger partial charge in [0.2, 0.25) is 0 Å². The Morgan fingerprint density at radius 3 is 2.38 bits per heavy atom. The van der Waals surface area contributed by atoms with Crippen LogP contribution in [0, 0.1) is 15.9 Å². The van der Waals surface area contributed by atoms with E-state index in [0.29, 0.717) is 24.2 Å². The van der Waals surface area contributed by atoms with Crippen molar-refractivity contribution in [1.82, 2.24) is 0 Å². The van der Waals surface area contributed by atoms with Gasteiger partial charge in [-0.15, -0.1) is 0 Å². The molecular weight excluding hydrogens is 387 g/mol. The maximum Gasteiger partial charge on any atom is 0.309 e. The number of hydrogen-bond donors (Lipinski definition) is 1. The van der Waals surface area contributed by atoms with Crippen LogP contribution in [0.1, 0.15) is 13.3 Å². The summed E-state index contributed by atoms with van der Waals surface area (Å²) in [4.78, 5) is 33.6. The summed E-state index contributed by atoms with van der Waals surface area (Å²) in [6.07, 6.45) is -0.100. The predicted octanol–water partition coefficient (Wildman–Crippen LogP) is 3.08. The lowest BCUT2D eigenvalue weighted by Gasteiger charge is -2.09. The van der Waals surface area contributed by atoms with E-state index < -0.39 is 34.9 Å². The fraction of sp³-hybridized carbons (Fsp3) is 0.263. The lowest BCUT2D eigenvalue weighted by molar-refractivity contribution is -0.384. The van der Waals surface area contributed by atoms with Crippen molar-refractivity contribution in [2.24, 2.45) is 0 Å². The minimum Gasteiger partial charge on any atom is -0.494 e. The molecule has 2 rings (SSSR count). The van der Waals surface area contributed by atoms with E-state index in [1.165, 1.54) is 0 Å². The molecule has 2 aromatic rings. The molecular formula is C19H19FN2O7. The van der Waals surface area contributed by atoms with Gasteiger partial charge in [-0.25, -0.2) is 4.39 Å². The molecule has 0 bridgehead atoms. The Balaban J connectivity index is 1.73. The highest BCUT2D eigenvalue weighted by Gasteiger charge is 2.17. The van der Waals surface area contributed by atoms with E-state index in [1.807, 2.05) is 6.92 Å². The van der Waals surface area contributed by atoms with Gasteiger partial charge >= 0.3 is 5.97 Å². The van der Waals surface area contributed by atoms with E-state index in [2.05, 4.69) is 5.32 Å². The van der Waals surface area contributed by atoms with Crippen molar-refractivity contribution in [2.45, 2.75) is 13.3 Å². The number of halogens is 1. The molecule has 9 nitrogen and oxygen atoms in total. The predicted molar refractivity (Wildman–Crippen MR) is 100 cm³/mol. The highest BCUT2D eigenvalue weighted by atomic mass is 19.1. The number of benzene rings is 2. The number of amides is 1. The Bertz CT molecular complexity index is 871. The molecule has 29 heavy (non-hydrogen) atoms. The smallest absolute Gasteiger partial charge is 0.309 e. The maximum atomic E-state index is 13.1. The van der Waals surface area contributed by atoms with Crippen molar-refractivity contribution in [3.63, 3.8) is 0 Å². The van der Waals surface area contributed by atoms with E-state index in [1.54, 1.807) is 24.3 Å². The molecule has 1 N–H and O–H groups in total. The molecule has 10 heteroatoms. The van der Waals surface area contributed by atoms with Gasteiger partial charge < -0.3 is 19.5 Å². The van der Waals surface area contributed by atoms with Gasteiger partial charge in [-0.3, -0.25) is 19.7 Å². The molecule has 0 heterocycles. The van der Waals surface area contributed by atoms with Crippen LogP contribution < -0.4 is 14.8 Å². The van der Waals surface area contributed by atoms with Gasteiger partial charge in [-0.05, 0) is 43.3 Å². The second-order valence-corrected chi connectivity index (χ2v) is 5.63. The van der Waals surface area contributed by atoms with Crippen LogP contribution in [0.15, 0.2) is 42.5 Å². The van der Waals surface area contributed by atoms with Crippen LogP contribution in [0.2, 0.25) is 0 Å². The third-order valence-electron chi connectivity index (χ3n) is 3.50. The molecule has 0 saturated carbocycles. The molecule has 0 saturated heterocycles. The number of nitro groups is 1. The van der Waals surface area contributed by atoms with Crippen LogP contribution in [-0.4, -0.2) is 36.6 Å². The van der Waals surface area contributed by atoms with Gasteiger partial charge in [0, 0.05) is 0 Å². The van der Waals surface area contributed by atoms with E-state index in [9.17, 15) is 24.1 Å². The minimum absolute atomic E-state index is 0.0396. The first-order valence-electron chi connectivity index (χ1n) is 8.64. The third-order valence-corrected chi connectivity index (χ3v) is 3.50. The first-order chi connectivity index (χ1) is 13.9. The maximum absolute atomic E-state index is 13.1. The van der Waals surface area contributed by atoms with Crippen LogP contribution in [0.3, 0.4) is 0 Å². The summed E-state index contributed by atoms with van der Waals surface area (Å²) in [5.74, 6) is -1.04. The van der Waals surface area contributed by atoms with E-state index in [0.717, 1.165) is 12.1 Å². The SMILES string of the molecule is CCOc1ccc(OCCC(=O)OCC(=O)Nc2ccc(F)cc2[N+](=O)[O-])cc1. The summed E-state index contributed by atoms with van der Waals surface area (Å²) in [5, 5.41) is 13.1. The zero-order valence-corrected chi connectivity index (χ0v) is 15.6. The van der Waals surface area contributed by atoms with Crippen LogP contribution in [0.4, 0.5) is 15.8 Å². The molecule has 0 aliphatic heterocycles.